The maximum Gasteiger partial charge on any atom is 0.295 e. The summed E-state index contributed by atoms with van der Waals surface area (Å²) in [6.45, 7) is 2.53. The van der Waals surface area contributed by atoms with E-state index in [4.69, 9.17) is 9.47 Å². The number of ether oxygens (including phenoxy) is 2. The smallest absolute Gasteiger partial charge is 0.295 e. The lowest BCUT2D eigenvalue weighted by molar-refractivity contribution is -0.384. The van der Waals surface area contributed by atoms with Gasteiger partial charge in [0.2, 0.25) is 0 Å². The molecule has 1 fully saturated rings. The van der Waals surface area contributed by atoms with Crippen molar-refractivity contribution in [1.82, 2.24) is 0 Å². The Kier molecular flexibility index (Phi) is 6.00. The molecule has 2 atom stereocenters. The first-order valence-electron chi connectivity index (χ1n) is 7.45. The molecule has 0 aromatic heterocycles. The molecule has 7 nitrogen and oxygen atoms in total. The van der Waals surface area contributed by atoms with Gasteiger partial charge in [-0.2, -0.15) is 0 Å². The van der Waals surface area contributed by atoms with E-state index in [-0.39, 0.29) is 11.8 Å². The normalized spacial score (nSPS) is 19.1. The average Bonchev–Trinajstić information content (AvgIpc) is 2.55. The first-order chi connectivity index (χ1) is 11.0. The van der Waals surface area contributed by atoms with E-state index in [0.29, 0.717) is 13.2 Å². The van der Waals surface area contributed by atoms with E-state index < -0.39 is 28.4 Å². The number of benzene rings is 1. The predicted molar refractivity (Wildman–Crippen MR) is 80.7 cm³/mol. The van der Waals surface area contributed by atoms with Crippen LogP contribution in [0.25, 0.3) is 0 Å². The molecule has 1 saturated heterocycles. The monoisotopic (exact) mass is 326 g/mol. The van der Waals surface area contributed by atoms with Crippen molar-refractivity contribution in [3.8, 4) is 0 Å². The molecule has 1 aliphatic heterocycles. The Hall–Kier alpha value is -2.06. The second kappa shape index (κ2) is 7.98. The molecule has 1 aromatic rings. The number of carbonyl (C=O) groups is 1. The minimum atomic E-state index is -0.801. The molecule has 1 N–H and O–H groups in total. The number of hydrogen-bond acceptors (Lipinski definition) is 5. The first-order valence-corrected chi connectivity index (χ1v) is 7.45. The number of nitro benzene ring substituents is 1. The molecule has 126 valence electrons. The number of nitro groups is 1. The molecule has 1 heterocycles. The van der Waals surface area contributed by atoms with Crippen molar-refractivity contribution >= 4 is 17.3 Å². The van der Waals surface area contributed by atoms with Crippen molar-refractivity contribution in [2.45, 2.75) is 38.4 Å². The van der Waals surface area contributed by atoms with Gasteiger partial charge in [0.1, 0.15) is 17.6 Å². The molecule has 0 saturated carbocycles. The lowest BCUT2D eigenvalue weighted by Crippen LogP contribution is -2.32. The third kappa shape index (κ3) is 4.97. The molecular weight excluding hydrogens is 307 g/mol. The summed E-state index contributed by atoms with van der Waals surface area (Å²) in [5.41, 5.74) is -0.563. The van der Waals surface area contributed by atoms with Gasteiger partial charge in [0.25, 0.3) is 11.6 Å². The standard InChI is InChI=1S/C15H19FN2O5/c1-10(23-9-12-4-2-3-7-22-12)15(19)17-13-6-5-11(16)8-14(13)18(20)21/h5-6,8,10,12H,2-4,7,9H2,1H3,(H,17,19)/t10-,12-/m0/s1. The summed E-state index contributed by atoms with van der Waals surface area (Å²) in [6.07, 6.45) is 2.15. The fourth-order valence-electron chi connectivity index (χ4n) is 2.26. The van der Waals surface area contributed by atoms with E-state index in [2.05, 4.69) is 5.32 Å². The molecular formula is C15H19FN2O5. The molecule has 0 spiro atoms. The summed E-state index contributed by atoms with van der Waals surface area (Å²) < 4.78 is 24.0. The van der Waals surface area contributed by atoms with Crippen LogP contribution in [-0.4, -0.2) is 36.3 Å². The number of halogens is 1. The SMILES string of the molecule is C[C@H](OC[C@@H]1CCCCO1)C(=O)Nc1ccc(F)cc1[N+](=O)[O-]. The summed E-state index contributed by atoms with van der Waals surface area (Å²) in [6, 6.07) is 2.96. The van der Waals surface area contributed by atoms with Crippen LogP contribution in [0.2, 0.25) is 0 Å². The van der Waals surface area contributed by atoms with Gasteiger partial charge in [-0.05, 0) is 38.3 Å². The van der Waals surface area contributed by atoms with E-state index in [0.717, 1.165) is 37.5 Å². The van der Waals surface area contributed by atoms with E-state index in [1.807, 2.05) is 0 Å². The number of hydrogen-bond donors (Lipinski definition) is 1. The Morgan fingerprint density at radius 2 is 2.35 bits per heavy atom. The molecule has 1 aliphatic rings. The third-order valence-electron chi connectivity index (χ3n) is 3.59. The highest BCUT2D eigenvalue weighted by Crippen LogP contribution is 2.25. The third-order valence-corrected chi connectivity index (χ3v) is 3.59. The summed E-state index contributed by atoms with van der Waals surface area (Å²) in [5, 5.41) is 13.3. The Balaban J connectivity index is 1.91. The van der Waals surface area contributed by atoms with Gasteiger partial charge in [0, 0.05) is 6.61 Å². The van der Waals surface area contributed by atoms with Gasteiger partial charge in [-0.25, -0.2) is 4.39 Å². The number of nitrogens with zero attached hydrogens (tertiary/aromatic N) is 1. The molecule has 1 aromatic carbocycles. The topological polar surface area (TPSA) is 90.7 Å². The zero-order chi connectivity index (χ0) is 16.8. The van der Waals surface area contributed by atoms with Crippen LogP contribution in [0.15, 0.2) is 18.2 Å². The minimum absolute atomic E-state index is 0.0286. The van der Waals surface area contributed by atoms with Crippen molar-refractivity contribution in [3.63, 3.8) is 0 Å². The fraction of sp³-hybridized carbons (Fsp3) is 0.533. The molecule has 23 heavy (non-hydrogen) atoms. The number of rotatable bonds is 6. The van der Waals surface area contributed by atoms with Crippen molar-refractivity contribution in [2.24, 2.45) is 0 Å². The fourth-order valence-corrected chi connectivity index (χ4v) is 2.26. The second-order valence-electron chi connectivity index (χ2n) is 5.37. The van der Waals surface area contributed by atoms with Crippen molar-refractivity contribution in [1.29, 1.82) is 0 Å². The summed E-state index contributed by atoms with van der Waals surface area (Å²) in [5.74, 6) is -1.27. The van der Waals surface area contributed by atoms with Crippen LogP contribution in [-0.2, 0) is 14.3 Å². The van der Waals surface area contributed by atoms with Crippen LogP contribution < -0.4 is 5.32 Å². The van der Waals surface area contributed by atoms with Gasteiger partial charge in [-0.15, -0.1) is 0 Å². The van der Waals surface area contributed by atoms with Gasteiger partial charge < -0.3 is 14.8 Å². The van der Waals surface area contributed by atoms with E-state index in [1.54, 1.807) is 6.92 Å². The van der Waals surface area contributed by atoms with Gasteiger partial charge in [-0.3, -0.25) is 14.9 Å². The number of nitrogens with one attached hydrogen (secondary N) is 1. The molecule has 2 rings (SSSR count). The van der Waals surface area contributed by atoms with E-state index in [9.17, 15) is 19.3 Å². The number of anilines is 1. The maximum atomic E-state index is 13.1. The van der Waals surface area contributed by atoms with Gasteiger partial charge in [-0.1, -0.05) is 0 Å². The van der Waals surface area contributed by atoms with Crippen LogP contribution in [0.4, 0.5) is 15.8 Å². The Morgan fingerprint density at radius 3 is 3.00 bits per heavy atom. The zero-order valence-electron chi connectivity index (χ0n) is 12.8. The summed E-state index contributed by atoms with van der Waals surface area (Å²) >= 11 is 0. The Labute approximate surface area is 132 Å². The molecule has 1 amide bonds. The first kappa shape index (κ1) is 17.3. The van der Waals surface area contributed by atoms with Crippen LogP contribution >= 0.6 is 0 Å². The van der Waals surface area contributed by atoms with Gasteiger partial charge >= 0.3 is 0 Å². The van der Waals surface area contributed by atoms with Crippen molar-refractivity contribution in [3.05, 3.63) is 34.1 Å². The van der Waals surface area contributed by atoms with E-state index >= 15 is 0 Å². The zero-order valence-corrected chi connectivity index (χ0v) is 12.8. The summed E-state index contributed by atoms with van der Waals surface area (Å²) in [4.78, 5) is 22.2. The lowest BCUT2D eigenvalue weighted by atomic mass is 10.1. The lowest BCUT2D eigenvalue weighted by Gasteiger charge is -2.23. The highest BCUT2D eigenvalue weighted by molar-refractivity contribution is 5.95. The molecule has 0 bridgehead atoms. The van der Waals surface area contributed by atoms with Crippen LogP contribution in [0, 0.1) is 15.9 Å². The van der Waals surface area contributed by atoms with E-state index in [1.165, 1.54) is 0 Å². The summed E-state index contributed by atoms with van der Waals surface area (Å²) in [7, 11) is 0. The van der Waals surface area contributed by atoms with Gasteiger partial charge in [0.15, 0.2) is 0 Å². The Bertz CT molecular complexity index is 575. The van der Waals surface area contributed by atoms with Crippen molar-refractivity contribution in [2.75, 3.05) is 18.5 Å². The highest BCUT2D eigenvalue weighted by atomic mass is 19.1. The Morgan fingerprint density at radius 1 is 1.57 bits per heavy atom. The highest BCUT2D eigenvalue weighted by Gasteiger charge is 2.22. The maximum absolute atomic E-state index is 13.1. The molecule has 0 unspecified atom stereocenters. The molecule has 8 heteroatoms. The van der Waals surface area contributed by atoms with Crippen LogP contribution in [0.1, 0.15) is 26.2 Å². The quantitative estimate of drug-likeness (QED) is 0.641. The van der Waals surface area contributed by atoms with Crippen molar-refractivity contribution < 1.29 is 23.6 Å². The minimum Gasteiger partial charge on any atom is -0.376 e. The number of amides is 1. The molecule has 0 aliphatic carbocycles. The van der Waals surface area contributed by atoms with Gasteiger partial charge in [0.05, 0.1) is 23.7 Å². The second-order valence-corrected chi connectivity index (χ2v) is 5.37. The number of carbonyl (C=O) groups excluding carboxylic acids is 1. The average molecular weight is 326 g/mol. The van der Waals surface area contributed by atoms with Crippen LogP contribution in [0.5, 0.6) is 0 Å². The predicted octanol–water partition coefficient (Wildman–Crippen LogP) is 2.65. The van der Waals surface area contributed by atoms with Crippen LogP contribution in [0.3, 0.4) is 0 Å². The molecule has 0 radical (unpaired) electrons. The largest absolute Gasteiger partial charge is 0.376 e.